The summed E-state index contributed by atoms with van der Waals surface area (Å²) >= 11 is 0. The molecular formula is C17H24N4O2. The number of hydrogen-bond donors (Lipinski definition) is 1. The molecule has 0 radical (unpaired) electrons. The maximum absolute atomic E-state index is 12.3. The van der Waals surface area contributed by atoms with E-state index in [-0.39, 0.29) is 11.8 Å². The van der Waals surface area contributed by atoms with Gasteiger partial charge >= 0.3 is 0 Å². The molecule has 0 bridgehead atoms. The lowest BCUT2D eigenvalue weighted by molar-refractivity contribution is -0.125. The molecule has 0 unspecified atom stereocenters. The van der Waals surface area contributed by atoms with Crippen molar-refractivity contribution >= 4 is 22.8 Å². The van der Waals surface area contributed by atoms with Gasteiger partial charge in [0.2, 0.25) is 11.6 Å². The Labute approximate surface area is 136 Å². The summed E-state index contributed by atoms with van der Waals surface area (Å²) in [5.41, 5.74) is 1.70. The van der Waals surface area contributed by atoms with Crippen molar-refractivity contribution in [3.05, 3.63) is 17.7 Å². The van der Waals surface area contributed by atoms with Gasteiger partial charge in [-0.1, -0.05) is 6.92 Å². The van der Waals surface area contributed by atoms with E-state index in [9.17, 15) is 4.79 Å². The first kappa shape index (κ1) is 15.8. The van der Waals surface area contributed by atoms with Gasteiger partial charge in [0.25, 0.3) is 0 Å². The number of aromatic nitrogens is 2. The molecule has 1 amide bonds. The van der Waals surface area contributed by atoms with Crippen LogP contribution in [0.25, 0.3) is 11.1 Å². The van der Waals surface area contributed by atoms with Crippen LogP contribution in [0.2, 0.25) is 0 Å². The van der Waals surface area contributed by atoms with E-state index < -0.39 is 0 Å². The molecule has 0 aliphatic carbocycles. The summed E-state index contributed by atoms with van der Waals surface area (Å²) in [6, 6.07) is 0. The summed E-state index contributed by atoms with van der Waals surface area (Å²) in [5, 5.41) is 3.98. The largest absolute Gasteiger partial charge is 0.443 e. The number of piperidine rings is 1. The molecule has 0 aromatic carbocycles. The van der Waals surface area contributed by atoms with E-state index in [1.165, 1.54) is 0 Å². The Kier molecular flexibility index (Phi) is 4.50. The van der Waals surface area contributed by atoms with E-state index in [0.29, 0.717) is 12.3 Å². The third kappa shape index (κ3) is 3.02. The van der Waals surface area contributed by atoms with E-state index >= 15 is 0 Å². The Morgan fingerprint density at radius 3 is 3.04 bits per heavy atom. The van der Waals surface area contributed by atoms with Crippen molar-refractivity contribution in [2.75, 3.05) is 24.5 Å². The summed E-state index contributed by atoms with van der Waals surface area (Å²) in [7, 11) is 0. The zero-order chi connectivity index (χ0) is 16.4. The molecule has 3 heterocycles. The van der Waals surface area contributed by atoms with E-state index in [4.69, 9.17) is 4.42 Å². The number of furan rings is 1. The van der Waals surface area contributed by atoms with E-state index in [0.717, 1.165) is 54.9 Å². The molecule has 2 aromatic heterocycles. The van der Waals surface area contributed by atoms with Gasteiger partial charge in [-0.3, -0.25) is 4.79 Å². The van der Waals surface area contributed by atoms with Crippen LogP contribution in [-0.2, 0) is 4.79 Å². The summed E-state index contributed by atoms with van der Waals surface area (Å²) in [6.45, 7) is 8.39. The van der Waals surface area contributed by atoms with E-state index in [1.807, 2.05) is 13.8 Å². The van der Waals surface area contributed by atoms with Gasteiger partial charge in [0.05, 0.1) is 11.3 Å². The molecular weight excluding hydrogens is 292 g/mol. The summed E-state index contributed by atoms with van der Waals surface area (Å²) in [6.07, 6.45) is 4.43. The van der Waals surface area contributed by atoms with Gasteiger partial charge in [-0.25, -0.2) is 9.97 Å². The number of hydrogen-bond acceptors (Lipinski definition) is 5. The van der Waals surface area contributed by atoms with Crippen LogP contribution in [-0.4, -0.2) is 35.5 Å². The first-order valence-corrected chi connectivity index (χ1v) is 8.35. The predicted molar refractivity (Wildman–Crippen MR) is 89.5 cm³/mol. The fourth-order valence-corrected chi connectivity index (χ4v) is 3.18. The number of fused-ring (bicyclic) bond motifs is 1. The highest BCUT2D eigenvalue weighted by Gasteiger charge is 2.28. The number of carbonyl (C=O) groups excluding carboxylic acids is 1. The molecule has 1 fully saturated rings. The summed E-state index contributed by atoms with van der Waals surface area (Å²) in [5.74, 6) is 1.93. The molecule has 0 saturated carbocycles. The summed E-state index contributed by atoms with van der Waals surface area (Å²) in [4.78, 5) is 23.2. The van der Waals surface area contributed by atoms with Crippen molar-refractivity contribution in [1.29, 1.82) is 0 Å². The zero-order valence-corrected chi connectivity index (χ0v) is 14.1. The maximum atomic E-state index is 12.3. The third-order valence-electron chi connectivity index (χ3n) is 4.59. The second-order valence-corrected chi connectivity index (χ2v) is 6.24. The van der Waals surface area contributed by atoms with Crippen LogP contribution in [0.15, 0.2) is 10.7 Å². The van der Waals surface area contributed by atoms with Crippen molar-refractivity contribution in [2.45, 2.75) is 40.0 Å². The van der Waals surface area contributed by atoms with Crippen molar-refractivity contribution in [2.24, 2.45) is 5.92 Å². The zero-order valence-electron chi connectivity index (χ0n) is 14.1. The van der Waals surface area contributed by atoms with Gasteiger partial charge in [0.15, 0.2) is 0 Å². The normalized spacial score (nSPS) is 18.4. The molecule has 1 aliphatic rings. The number of nitrogens with one attached hydrogen (secondary N) is 1. The van der Waals surface area contributed by atoms with Gasteiger partial charge in [0.1, 0.15) is 17.9 Å². The first-order chi connectivity index (χ1) is 11.1. The standard InChI is InChI=1S/C17H24N4O2/c1-4-7-18-16(22)13-6-5-8-21(9-13)15-14-11(2)12(3)23-17(14)20-10-19-15/h10,13H,4-9H2,1-3H3,(H,18,22)/t13-/m0/s1. The number of carbonyl (C=O) groups is 1. The number of aryl methyl sites for hydroxylation is 2. The Morgan fingerprint density at radius 2 is 2.26 bits per heavy atom. The number of amides is 1. The smallest absolute Gasteiger partial charge is 0.231 e. The van der Waals surface area contributed by atoms with Gasteiger partial charge in [-0.2, -0.15) is 0 Å². The number of nitrogens with zero attached hydrogens (tertiary/aromatic N) is 3. The van der Waals surface area contributed by atoms with Crippen molar-refractivity contribution in [3.8, 4) is 0 Å². The topological polar surface area (TPSA) is 71.3 Å². The maximum Gasteiger partial charge on any atom is 0.231 e. The Morgan fingerprint density at radius 1 is 1.43 bits per heavy atom. The molecule has 0 spiro atoms. The molecule has 3 rings (SSSR count). The molecule has 6 nitrogen and oxygen atoms in total. The van der Waals surface area contributed by atoms with Crippen molar-refractivity contribution in [3.63, 3.8) is 0 Å². The molecule has 1 atom stereocenters. The second kappa shape index (κ2) is 6.56. The monoisotopic (exact) mass is 316 g/mol. The van der Waals surface area contributed by atoms with Crippen LogP contribution in [0, 0.1) is 19.8 Å². The number of anilines is 1. The molecule has 1 saturated heterocycles. The molecule has 23 heavy (non-hydrogen) atoms. The fraction of sp³-hybridized carbons (Fsp3) is 0.588. The van der Waals surface area contributed by atoms with E-state index in [1.54, 1.807) is 6.33 Å². The minimum atomic E-state index is 0.0219. The Bertz CT molecular complexity index is 710. The predicted octanol–water partition coefficient (Wildman–Crippen LogP) is 2.58. The Balaban J connectivity index is 1.85. The lowest BCUT2D eigenvalue weighted by atomic mass is 9.96. The van der Waals surface area contributed by atoms with Crippen LogP contribution < -0.4 is 10.2 Å². The number of rotatable bonds is 4. The van der Waals surface area contributed by atoms with Crippen LogP contribution in [0.5, 0.6) is 0 Å². The molecule has 1 aliphatic heterocycles. The molecule has 124 valence electrons. The molecule has 1 N–H and O–H groups in total. The van der Waals surface area contributed by atoms with Gasteiger partial charge < -0.3 is 14.6 Å². The molecule has 6 heteroatoms. The highest BCUT2D eigenvalue weighted by atomic mass is 16.3. The fourth-order valence-electron chi connectivity index (χ4n) is 3.18. The minimum absolute atomic E-state index is 0.0219. The van der Waals surface area contributed by atoms with Gasteiger partial charge in [-0.05, 0) is 33.1 Å². The van der Waals surface area contributed by atoms with Crippen LogP contribution in [0.1, 0.15) is 37.5 Å². The lowest BCUT2D eigenvalue weighted by Crippen LogP contribution is -2.43. The second-order valence-electron chi connectivity index (χ2n) is 6.24. The van der Waals surface area contributed by atoms with Crippen molar-refractivity contribution < 1.29 is 9.21 Å². The van der Waals surface area contributed by atoms with Gasteiger partial charge in [0, 0.05) is 25.2 Å². The highest BCUT2D eigenvalue weighted by molar-refractivity contribution is 5.90. The third-order valence-corrected chi connectivity index (χ3v) is 4.59. The summed E-state index contributed by atoms with van der Waals surface area (Å²) < 4.78 is 5.70. The SMILES string of the molecule is CCCNC(=O)[C@H]1CCCN(c2ncnc3oc(C)c(C)c23)C1. The molecule has 2 aromatic rings. The van der Waals surface area contributed by atoms with Crippen LogP contribution in [0.3, 0.4) is 0 Å². The first-order valence-electron chi connectivity index (χ1n) is 8.35. The van der Waals surface area contributed by atoms with E-state index in [2.05, 4.69) is 27.1 Å². The average Bonchev–Trinajstić information content (AvgIpc) is 2.87. The van der Waals surface area contributed by atoms with Crippen LogP contribution in [0.4, 0.5) is 5.82 Å². The van der Waals surface area contributed by atoms with Crippen LogP contribution >= 0.6 is 0 Å². The van der Waals surface area contributed by atoms with Crippen molar-refractivity contribution in [1.82, 2.24) is 15.3 Å². The Hall–Kier alpha value is -2.11. The lowest BCUT2D eigenvalue weighted by Gasteiger charge is -2.33. The average molecular weight is 316 g/mol. The quantitative estimate of drug-likeness (QED) is 0.938. The highest BCUT2D eigenvalue weighted by Crippen LogP contribution is 2.32. The minimum Gasteiger partial charge on any atom is -0.443 e. The van der Waals surface area contributed by atoms with Gasteiger partial charge in [-0.15, -0.1) is 0 Å².